The lowest BCUT2D eigenvalue weighted by Crippen LogP contribution is -2.25. The molecular formula is C21H18ClN5OS. The fourth-order valence-electron chi connectivity index (χ4n) is 2.92. The molecule has 1 amide bonds. The summed E-state index contributed by atoms with van der Waals surface area (Å²) >= 11 is 7.45. The number of aromatic nitrogens is 3. The minimum atomic E-state index is -0.118. The van der Waals surface area contributed by atoms with Crippen molar-refractivity contribution >= 4 is 50.7 Å². The molecule has 0 fully saturated rings. The van der Waals surface area contributed by atoms with Crippen LogP contribution in [0.2, 0.25) is 5.02 Å². The molecule has 0 spiro atoms. The monoisotopic (exact) mass is 423 g/mol. The number of nitrogens with one attached hydrogen (secondary N) is 1. The number of nitrogens with zero attached hydrogens (tertiary/aromatic N) is 4. The number of amides is 1. The molecule has 0 aliphatic carbocycles. The number of thiophene rings is 1. The fraction of sp³-hybridized carbons (Fsp3) is 0.143. The van der Waals surface area contributed by atoms with E-state index in [9.17, 15) is 4.79 Å². The van der Waals surface area contributed by atoms with Crippen molar-refractivity contribution in [1.29, 1.82) is 0 Å². The smallest absolute Gasteiger partial charge is 0.227 e. The molecule has 0 unspecified atom stereocenters. The van der Waals surface area contributed by atoms with Gasteiger partial charge in [-0.05, 0) is 23.8 Å². The Morgan fingerprint density at radius 1 is 1.14 bits per heavy atom. The molecule has 4 rings (SSSR count). The predicted octanol–water partition coefficient (Wildman–Crippen LogP) is 4.87. The predicted molar refractivity (Wildman–Crippen MR) is 119 cm³/mol. The summed E-state index contributed by atoms with van der Waals surface area (Å²) in [6.45, 7) is 0.516. The van der Waals surface area contributed by atoms with Crippen molar-refractivity contribution in [1.82, 2.24) is 15.0 Å². The van der Waals surface area contributed by atoms with Crippen molar-refractivity contribution in [2.75, 3.05) is 23.8 Å². The molecule has 29 heavy (non-hydrogen) atoms. The van der Waals surface area contributed by atoms with Crippen molar-refractivity contribution in [3.63, 3.8) is 0 Å². The Balaban J connectivity index is 1.46. The van der Waals surface area contributed by atoms with Gasteiger partial charge in [0, 0.05) is 31.1 Å². The molecule has 1 aromatic carbocycles. The molecule has 6 nitrogen and oxygen atoms in total. The molecule has 0 saturated heterocycles. The number of fused-ring (bicyclic) bond motifs is 1. The quantitative estimate of drug-likeness (QED) is 0.479. The van der Waals surface area contributed by atoms with Crippen LogP contribution in [-0.4, -0.2) is 34.5 Å². The first-order chi connectivity index (χ1) is 14.1. The van der Waals surface area contributed by atoms with E-state index in [2.05, 4.69) is 38.5 Å². The summed E-state index contributed by atoms with van der Waals surface area (Å²) in [5.41, 5.74) is 1.15. The lowest BCUT2D eigenvalue weighted by Gasteiger charge is -2.18. The van der Waals surface area contributed by atoms with E-state index in [-0.39, 0.29) is 5.91 Å². The molecule has 146 valence electrons. The molecule has 1 N–H and O–H groups in total. The van der Waals surface area contributed by atoms with E-state index in [0.29, 0.717) is 23.8 Å². The SMILES string of the molecule is CN(CCC(=O)Nc1ccc(Cl)cn1)c1ncnc2sc(-c3ccccc3)cc12. The Morgan fingerprint density at radius 3 is 2.72 bits per heavy atom. The minimum Gasteiger partial charge on any atom is -0.359 e. The molecule has 8 heteroatoms. The number of hydrogen-bond acceptors (Lipinski definition) is 6. The average Bonchev–Trinajstić information content (AvgIpc) is 3.19. The molecule has 0 aliphatic rings. The van der Waals surface area contributed by atoms with Gasteiger partial charge in [0.25, 0.3) is 0 Å². The number of benzene rings is 1. The zero-order valence-electron chi connectivity index (χ0n) is 15.7. The number of rotatable bonds is 6. The Bertz CT molecular complexity index is 1130. The van der Waals surface area contributed by atoms with E-state index in [1.807, 2.05) is 30.1 Å². The van der Waals surface area contributed by atoms with Crippen LogP contribution >= 0.6 is 22.9 Å². The molecule has 3 aromatic heterocycles. The van der Waals surface area contributed by atoms with Gasteiger partial charge in [0.2, 0.25) is 5.91 Å². The standard InChI is InChI=1S/C21H18ClN5OS/c1-27(10-9-19(28)26-18-8-7-15(22)12-23-18)20-16-11-17(14-5-3-2-4-6-14)29-21(16)25-13-24-20/h2-8,11-13H,9-10H2,1H3,(H,23,26,28). The third-order valence-corrected chi connectivity index (χ3v) is 5.71. The molecule has 0 atom stereocenters. The Labute approximate surface area is 177 Å². The largest absolute Gasteiger partial charge is 0.359 e. The van der Waals surface area contributed by atoms with Gasteiger partial charge in [-0.15, -0.1) is 11.3 Å². The molecule has 4 aromatic rings. The van der Waals surface area contributed by atoms with E-state index in [1.54, 1.807) is 29.8 Å². The maximum Gasteiger partial charge on any atom is 0.227 e. The van der Waals surface area contributed by atoms with Crippen molar-refractivity contribution in [3.05, 3.63) is 66.1 Å². The van der Waals surface area contributed by atoms with Crippen LogP contribution in [0.15, 0.2) is 61.1 Å². The number of pyridine rings is 1. The van der Waals surface area contributed by atoms with Gasteiger partial charge in [0.1, 0.15) is 22.8 Å². The van der Waals surface area contributed by atoms with Crippen molar-refractivity contribution < 1.29 is 4.79 Å². The highest BCUT2D eigenvalue weighted by molar-refractivity contribution is 7.21. The summed E-state index contributed by atoms with van der Waals surface area (Å²) in [4.78, 5) is 29.2. The Hall–Kier alpha value is -3.03. The van der Waals surface area contributed by atoms with Crippen molar-refractivity contribution in [2.45, 2.75) is 6.42 Å². The normalized spacial score (nSPS) is 10.8. The van der Waals surface area contributed by atoms with Crippen LogP contribution in [0.1, 0.15) is 6.42 Å². The van der Waals surface area contributed by atoms with Crippen molar-refractivity contribution in [3.8, 4) is 10.4 Å². The van der Waals surface area contributed by atoms with Gasteiger partial charge in [-0.2, -0.15) is 0 Å². The summed E-state index contributed by atoms with van der Waals surface area (Å²) < 4.78 is 0. The molecule has 0 radical (unpaired) electrons. The zero-order valence-corrected chi connectivity index (χ0v) is 17.2. The third kappa shape index (κ3) is 4.52. The second-order valence-corrected chi connectivity index (χ2v) is 7.94. The molecule has 0 saturated carbocycles. The average molecular weight is 424 g/mol. The number of carbonyl (C=O) groups is 1. The summed E-state index contributed by atoms with van der Waals surface area (Å²) in [6.07, 6.45) is 3.38. The lowest BCUT2D eigenvalue weighted by atomic mass is 10.2. The number of anilines is 2. The number of hydrogen-bond donors (Lipinski definition) is 1. The van der Waals surface area contributed by atoms with Crippen LogP contribution in [0, 0.1) is 0 Å². The maximum absolute atomic E-state index is 12.2. The first-order valence-electron chi connectivity index (χ1n) is 9.02. The van der Waals surface area contributed by atoms with Crippen molar-refractivity contribution in [2.24, 2.45) is 0 Å². The lowest BCUT2D eigenvalue weighted by molar-refractivity contribution is -0.116. The first-order valence-corrected chi connectivity index (χ1v) is 10.2. The van der Waals surface area contributed by atoms with Crippen LogP contribution in [0.5, 0.6) is 0 Å². The molecule has 3 heterocycles. The third-order valence-electron chi connectivity index (χ3n) is 4.40. The second-order valence-electron chi connectivity index (χ2n) is 6.47. The number of halogens is 1. The first kappa shape index (κ1) is 19.3. The highest BCUT2D eigenvalue weighted by Crippen LogP contribution is 2.35. The molecular weight excluding hydrogens is 406 g/mol. The second kappa shape index (κ2) is 8.55. The topological polar surface area (TPSA) is 71.0 Å². The van der Waals surface area contributed by atoms with E-state index in [4.69, 9.17) is 11.6 Å². The fourth-order valence-corrected chi connectivity index (χ4v) is 4.03. The van der Waals surface area contributed by atoms with Crippen LogP contribution in [0.3, 0.4) is 0 Å². The molecule has 0 bridgehead atoms. The summed E-state index contributed by atoms with van der Waals surface area (Å²) in [6, 6.07) is 15.7. The zero-order chi connectivity index (χ0) is 20.2. The van der Waals surface area contributed by atoms with Crippen LogP contribution < -0.4 is 10.2 Å². The van der Waals surface area contributed by atoms with Gasteiger partial charge >= 0.3 is 0 Å². The van der Waals surface area contributed by atoms with Gasteiger partial charge in [-0.3, -0.25) is 4.79 Å². The van der Waals surface area contributed by atoms with Gasteiger partial charge in [-0.25, -0.2) is 15.0 Å². The van der Waals surface area contributed by atoms with Crippen LogP contribution in [0.4, 0.5) is 11.6 Å². The van der Waals surface area contributed by atoms with Crippen LogP contribution in [0.25, 0.3) is 20.7 Å². The van der Waals surface area contributed by atoms with Gasteiger partial charge in [0.05, 0.1) is 10.4 Å². The minimum absolute atomic E-state index is 0.118. The summed E-state index contributed by atoms with van der Waals surface area (Å²) in [7, 11) is 1.93. The van der Waals surface area contributed by atoms with Gasteiger partial charge < -0.3 is 10.2 Å². The van der Waals surface area contributed by atoms with E-state index >= 15 is 0 Å². The van der Waals surface area contributed by atoms with Gasteiger partial charge in [0.15, 0.2) is 0 Å². The number of carbonyl (C=O) groups excluding carboxylic acids is 1. The maximum atomic E-state index is 12.2. The summed E-state index contributed by atoms with van der Waals surface area (Å²) in [5.74, 6) is 1.18. The van der Waals surface area contributed by atoms with E-state index < -0.39 is 0 Å². The van der Waals surface area contributed by atoms with E-state index in [1.165, 1.54) is 6.20 Å². The highest BCUT2D eigenvalue weighted by Gasteiger charge is 2.14. The van der Waals surface area contributed by atoms with Crippen LogP contribution in [-0.2, 0) is 4.79 Å². The van der Waals surface area contributed by atoms with E-state index in [0.717, 1.165) is 26.5 Å². The Kier molecular flexibility index (Phi) is 5.69. The Morgan fingerprint density at radius 2 is 1.97 bits per heavy atom. The highest BCUT2D eigenvalue weighted by atomic mass is 35.5. The summed E-state index contributed by atoms with van der Waals surface area (Å²) in [5, 5.41) is 4.29. The van der Waals surface area contributed by atoms with Gasteiger partial charge in [-0.1, -0.05) is 41.9 Å². The molecule has 0 aliphatic heterocycles.